The van der Waals surface area contributed by atoms with Crippen LogP contribution in [0, 0.1) is 13.8 Å². The average Bonchev–Trinajstić information content (AvgIpc) is 2.54. The lowest BCUT2D eigenvalue weighted by atomic mass is 10.1. The number of halogens is 1. The maximum absolute atomic E-state index is 11.5. The molecule has 0 unspecified atom stereocenters. The Kier molecular flexibility index (Phi) is 11.8. The van der Waals surface area contributed by atoms with E-state index in [1.54, 1.807) is 7.05 Å². The number of aliphatic imine (C=N–C) groups is 1. The number of amides is 1. The molecule has 0 aliphatic rings. The fourth-order valence-corrected chi connectivity index (χ4v) is 2.23. The molecule has 0 saturated heterocycles. The Labute approximate surface area is 179 Å². The molecule has 0 aliphatic carbocycles. The number of hydrogen-bond donors (Lipinski definition) is 3. The van der Waals surface area contributed by atoms with Gasteiger partial charge in [-0.3, -0.25) is 4.99 Å². The van der Waals surface area contributed by atoms with Gasteiger partial charge in [0.15, 0.2) is 5.96 Å². The summed E-state index contributed by atoms with van der Waals surface area (Å²) in [7, 11) is 1.70. The van der Waals surface area contributed by atoms with Crippen LogP contribution in [0.1, 0.15) is 31.9 Å². The van der Waals surface area contributed by atoms with Crippen molar-refractivity contribution in [1.82, 2.24) is 16.0 Å². The van der Waals surface area contributed by atoms with Crippen molar-refractivity contribution in [2.75, 3.05) is 33.3 Å². The normalized spacial score (nSPS) is 11.3. The van der Waals surface area contributed by atoms with E-state index in [4.69, 9.17) is 9.47 Å². The summed E-state index contributed by atoms with van der Waals surface area (Å²) in [6, 6.07) is 6.09. The van der Waals surface area contributed by atoms with E-state index in [0.29, 0.717) is 32.2 Å². The van der Waals surface area contributed by atoms with E-state index < -0.39 is 11.7 Å². The van der Waals surface area contributed by atoms with E-state index >= 15 is 0 Å². The van der Waals surface area contributed by atoms with Crippen LogP contribution in [0.4, 0.5) is 4.79 Å². The Morgan fingerprint density at radius 3 is 2.15 bits per heavy atom. The molecule has 1 aromatic rings. The van der Waals surface area contributed by atoms with Crippen LogP contribution < -0.4 is 20.7 Å². The second-order valence-electron chi connectivity index (χ2n) is 6.92. The van der Waals surface area contributed by atoms with Crippen LogP contribution >= 0.6 is 24.0 Å². The second kappa shape index (κ2) is 12.6. The molecule has 27 heavy (non-hydrogen) atoms. The van der Waals surface area contributed by atoms with Gasteiger partial charge < -0.3 is 25.4 Å². The van der Waals surface area contributed by atoms with Gasteiger partial charge in [0.05, 0.1) is 6.54 Å². The van der Waals surface area contributed by atoms with Crippen molar-refractivity contribution >= 4 is 36.0 Å². The van der Waals surface area contributed by atoms with Gasteiger partial charge in [0.1, 0.15) is 18.0 Å². The molecule has 1 amide bonds. The molecule has 1 rings (SSSR count). The van der Waals surface area contributed by atoms with Crippen molar-refractivity contribution in [3.63, 3.8) is 0 Å². The van der Waals surface area contributed by atoms with E-state index in [1.165, 1.54) is 0 Å². The van der Waals surface area contributed by atoms with Crippen LogP contribution in [0.25, 0.3) is 0 Å². The smallest absolute Gasteiger partial charge is 0.407 e. The Morgan fingerprint density at radius 1 is 1.04 bits per heavy atom. The molecule has 0 radical (unpaired) electrons. The highest BCUT2D eigenvalue weighted by atomic mass is 127. The molecule has 7 nitrogen and oxygen atoms in total. The van der Waals surface area contributed by atoms with Crippen LogP contribution in [0.5, 0.6) is 5.75 Å². The number of guanidine groups is 1. The molecule has 0 saturated carbocycles. The highest BCUT2D eigenvalue weighted by Crippen LogP contribution is 2.21. The maximum atomic E-state index is 11.5. The number of benzene rings is 1. The SMILES string of the molecule is CN=C(NCCNC(=O)OC(C)(C)C)NCCOc1c(C)cccc1C.I. The van der Waals surface area contributed by atoms with E-state index in [1.807, 2.05) is 52.8 Å². The van der Waals surface area contributed by atoms with Gasteiger partial charge >= 0.3 is 6.09 Å². The fourth-order valence-electron chi connectivity index (χ4n) is 2.23. The molecule has 0 spiro atoms. The van der Waals surface area contributed by atoms with Crippen molar-refractivity contribution in [3.05, 3.63) is 29.3 Å². The maximum Gasteiger partial charge on any atom is 0.407 e. The molecule has 0 bridgehead atoms. The number of alkyl carbamates (subject to hydrolysis) is 1. The van der Waals surface area contributed by atoms with Gasteiger partial charge in [0.2, 0.25) is 0 Å². The highest BCUT2D eigenvalue weighted by molar-refractivity contribution is 14.0. The summed E-state index contributed by atoms with van der Waals surface area (Å²) in [6.45, 7) is 11.7. The van der Waals surface area contributed by atoms with E-state index in [9.17, 15) is 4.79 Å². The number of nitrogens with zero attached hydrogens (tertiary/aromatic N) is 1. The molecule has 154 valence electrons. The third-order valence-electron chi connectivity index (χ3n) is 3.36. The largest absolute Gasteiger partial charge is 0.491 e. The lowest BCUT2D eigenvalue weighted by Crippen LogP contribution is -2.43. The average molecular weight is 492 g/mol. The summed E-state index contributed by atoms with van der Waals surface area (Å²) in [5, 5.41) is 8.99. The number of carbonyl (C=O) groups excluding carboxylic acids is 1. The first-order valence-corrected chi connectivity index (χ1v) is 8.83. The quantitative estimate of drug-likeness (QED) is 0.236. The molecule has 0 aliphatic heterocycles. The molecule has 0 aromatic heterocycles. The minimum Gasteiger partial charge on any atom is -0.491 e. The highest BCUT2D eigenvalue weighted by Gasteiger charge is 2.15. The molecular formula is C19H33IN4O3. The lowest BCUT2D eigenvalue weighted by Gasteiger charge is -2.20. The number of rotatable bonds is 7. The first kappa shape index (κ1) is 25.3. The minimum absolute atomic E-state index is 0. The van der Waals surface area contributed by atoms with Crippen LogP contribution in [0.2, 0.25) is 0 Å². The summed E-state index contributed by atoms with van der Waals surface area (Å²) in [5.41, 5.74) is 1.76. The van der Waals surface area contributed by atoms with Crippen LogP contribution in [0.3, 0.4) is 0 Å². The molecule has 8 heteroatoms. The number of hydrogen-bond acceptors (Lipinski definition) is 4. The summed E-state index contributed by atoms with van der Waals surface area (Å²) in [5.74, 6) is 1.58. The van der Waals surface area contributed by atoms with E-state index in [0.717, 1.165) is 16.9 Å². The topological polar surface area (TPSA) is 84.0 Å². The third kappa shape index (κ3) is 10.9. The zero-order chi connectivity index (χ0) is 19.6. The first-order chi connectivity index (χ1) is 12.2. The summed E-state index contributed by atoms with van der Waals surface area (Å²) in [4.78, 5) is 15.7. The molecule has 0 heterocycles. The van der Waals surface area contributed by atoms with Gasteiger partial charge in [-0.25, -0.2) is 4.79 Å². The van der Waals surface area contributed by atoms with Crippen LogP contribution in [-0.4, -0.2) is 50.9 Å². The van der Waals surface area contributed by atoms with Crippen molar-refractivity contribution in [2.24, 2.45) is 4.99 Å². The number of carbonyl (C=O) groups is 1. The van der Waals surface area contributed by atoms with Crippen molar-refractivity contribution < 1.29 is 14.3 Å². The standard InChI is InChI=1S/C19H32N4O3.HI/c1-14-8-7-9-15(2)16(14)25-13-12-22-17(20-6)21-10-11-23-18(24)26-19(3,4)5;/h7-9H,10-13H2,1-6H3,(H,23,24)(H2,20,21,22);1H. The van der Waals surface area contributed by atoms with Crippen molar-refractivity contribution in [3.8, 4) is 5.75 Å². The first-order valence-electron chi connectivity index (χ1n) is 8.83. The summed E-state index contributed by atoms with van der Waals surface area (Å²) >= 11 is 0. The predicted octanol–water partition coefficient (Wildman–Crippen LogP) is 2.99. The van der Waals surface area contributed by atoms with Crippen molar-refractivity contribution in [1.29, 1.82) is 0 Å². The van der Waals surface area contributed by atoms with Crippen LogP contribution in [-0.2, 0) is 4.74 Å². The molecule has 1 aromatic carbocycles. The number of para-hydroxylation sites is 1. The third-order valence-corrected chi connectivity index (χ3v) is 3.36. The zero-order valence-electron chi connectivity index (χ0n) is 17.1. The molecule has 0 fully saturated rings. The second-order valence-corrected chi connectivity index (χ2v) is 6.92. The van der Waals surface area contributed by atoms with Crippen molar-refractivity contribution in [2.45, 2.75) is 40.2 Å². The van der Waals surface area contributed by atoms with E-state index in [2.05, 4.69) is 20.9 Å². The summed E-state index contributed by atoms with van der Waals surface area (Å²) < 4.78 is 11.0. The number of aryl methyl sites for hydroxylation is 2. The predicted molar refractivity (Wildman–Crippen MR) is 120 cm³/mol. The van der Waals surface area contributed by atoms with Gasteiger partial charge in [0, 0.05) is 20.1 Å². The molecule has 3 N–H and O–H groups in total. The van der Waals surface area contributed by atoms with Gasteiger partial charge in [0.25, 0.3) is 0 Å². The van der Waals surface area contributed by atoms with Gasteiger partial charge in [-0.15, -0.1) is 24.0 Å². The monoisotopic (exact) mass is 492 g/mol. The van der Waals surface area contributed by atoms with Crippen LogP contribution in [0.15, 0.2) is 23.2 Å². The van der Waals surface area contributed by atoms with Gasteiger partial charge in [-0.05, 0) is 45.7 Å². The molecule has 0 atom stereocenters. The number of nitrogens with one attached hydrogen (secondary N) is 3. The van der Waals surface area contributed by atoms with E-state index in [-0.39, 0.29) is 24.0 Å². The fraction of sp³-hybridized carbons (Fsp3) is 0.579. The zero-order valence-corrected chi connectivity index (χ0v) is 19.5. The Bertz CT molecular complexity index is 595. The minimum atomic E-state index is -0.495. The van der Waals surface area contributed by atoms with Gasteiger partial charge in [-0.1, -0.05) is 18.2 Å². The Balaban J connectivity index is 0.00000676. The Hall–Kier alpha value is -1.71. The lowest BCUT2D eigenvalue weighted by molar-refractivity contribution is 0.0529. The van der Waals surface area contributed by atoms with Gasteiger partial charge in [-0.2, -0.15) is 0 Å². The number of ether oxygens (including phenoxy) is 2. The summed E-state index contributed by atoms with van der Waals surface area (Å²) in [6.07, 6.45) is -0.427. The Morgan fingerprint density at radius 2 is 1.59 bits per heavy atom. The molecular weight excluding hydrogens is 459 g/mol.